The van der Waals surface area contributed by atoms with E-state index in [4.69, 9.17) is 4.74 Å². The minimum atomic E-state index is -0.559. The average molecular weight is 401 g/mol. The van der Waals surface area contributed by atoms with Crippen LogP contribution in [0.4, 0.5) is 8.78 Å². The highest BCUT2D eigenvalue weighted by molar-refractivity contribution is 7.10. The van der Waals surface area contributed by atoms with Gasteiger partial charge in [0.25, 0.3) is 5.91 Å². The molecule has 0 spiro atoms. The second-order valence-electron chi connectivity index (χ2n) is 6.05. The molecule has 2 aromatic carbocycles. The maximum absolute atomic E-state index is 13.3. The van der Waals surface area contributed by atoms with E-state index >= 15 is 0 Å². The van der Waals surface area contributed by atoms with Crippen LogP contribution in [0.3, 0.4) is 0 Å². The number of nitrogens with one attached hydrogen (secondary N) is 1. The van der Waals surface area contributed by atoms with Crippen molar-refractivity contribution in [3.63, 3.8) is 0 Å². The molecule has 28 heavy (non-hydrogen) atoms. The van der Waals surface area contributed by atoms with Gasteiger partial charge in [0.2, 0.25) is 0 Å². The van der Waals surface area contributed by atoms with Crippen LogP contribution in [-0.2, 0) is 4.79 Å². The van der Waals surface area contributed by atoms with E-state index in [2.05, 4.69) is 5.32 Å². The van der Waals surface area contributed by atoms with E-state index in [0.29, 0.717) is 0 Å². The number of carbonyl (C=O) groups is 2. The Hall–Kier alpha value is -3.06. The van der Waals surface area contributed by atoms with Crippen molar-refractivity contribution in [3.05, 3.63) is 87.6 Å². The minimum absolute atomic E-state index is 0.0705. The Labute approximate surface area is 164 Å². The first-order valence-electron chi connectivity index (χ1n) is 8.45. The van der Waals surface area contributed by atoms with E-state index in [0.717, 1.165) is 22.6 Å². The second kappa shape index (κ2) is 8.75. The summed E-state index contributed by atoms with van der Waals surface area (Å²) >= 11 is 1.46. The molecule has 1 amide bonds. The summed E-state index contributed by atoms with van der Waals surface area (Å²) in [6, 6.07) is 12.7. The molecular formula is C21H17F2NO3S. The van der Waals surface area contributed by atoms with Crippen molar-refractivity contribution < 1.29 is 23.1 Å². The lowest BCUT2D eigenvalue weighted by Crippen LogP contribution is -2.33. The van der Waals surface area contributed by atoms with Gasteiger partial charge in [0.1, 0.15) is 17.4 Å². The molecule has 1 atom stereocenters. The smallest absolute Gasteiger partial charge is 0.258 e. The largest absolute Gasteiger partial charge is 0.483 e. The van der Waals surface area contributed by atoms with Crippen molar-refractivity contribution in [3.8, 4) is 5.75 Å². The Kier molecular flexibility index (Phi) is 6.16. The lowest BCUT2D eigenvalue weighted by molar-refractivity contribution is -0.123. The molecule has 1 aromatic heterocycles. The predicted octanol–water partition coefficient (Wildman–Crippen LogP) is 4.51. The monoisotopic (exact) mass is 401 g/mol. The molecule has 4 nitrogen and oxygen atoms in total. The van der Waals surface area contributed by atoms with Crippen LogP contribution in [0.1, 0.15) is 33.8 Å². The summed E-state index contributed by atoms with van der Waals surface area (Å²) in [6.45, 7) is 0.943. The zero-order valence-electron chi connectivity index (χ0n) is 14.9. The molecule has 0 fully saturated rings. The Morgan fingerprint density at radius 2 is 1.79 bits per heavy atom. The van der Waals surface area contributed by atoms with Crippen LogP contribution in [-0.4, -0.2) is 18.3 Å². The molecule has 7 heteroatoms. The van der Waals surface area contributed by atoms with Gasteiger partial charge in [-0.05, 0) is 54.3 Å². The van der Waals surface area contributed by atoms with E-state index in [-0.39, 0.29) is 29.5 Å². The van der Waals surface area contributed by atoms with Gasteiger partial charge in [-0.15, -0.1) is 11.3 Å². The third-order valence-corrected chi connectivity index (χ3v) is 4.95. The zero-order chi connectivity index (χ0) is 20.1. The molecule has 0 saturated carbocycles. The van der Waals surface area contributed by atoms with Gasteiger partial charge in [0.05, 0.1) is 11.6 Å². The van der Waals surface area contributed by atoms with Crippen LogP contribution in [0.25, 0.3) is 0 Å². The van der Waals surface area contributed by atoms with Crippen LogP contribution < -0.4 is 10.1 Å². The van der Waals surface area contributed by atoms with Gasteiger partial charge in [-0.3, -0.25) is 9.59 Å². The van der Waals surface area contributed by atoms with Gasteiger partial charge in [0, 0.05) is 4.88 Å². The number of ketones is 1. The number of hydrogen-bond donors (Lipinski definition) is 1. The summed E-state index contributed by atoms with van der Waals surface area (Å²) in [7, 11) is 0. The number of Topliss-reactive ketones (excluding diaryl/α,β-unsaturated/α-hetero) is 1. The third-order valence-electron chi connectivity index (χ3n) is 4.02. The molecule has 144 valence electrons. The maximum Gasteiger partial charge on any atom is 0.258 e. The van der Waals surface area contributed by atoms with Gasteiger partial charge in [-0.2, -0.15) is 0 Å². The summed E-state index contributed by atoms with van der Waals surface area (Å²) in [5.41, 5.74) is 0.796. The molecule has 3 rings (SSSR count). The van der Waals surface area contributed by atoms with E-state index in [1.807, 2.05) is 17.5 Å². The normalized spacial score (nSPS) is 11.7. The van der Waals surface area contributed by atoms with Crippen molar-refractivity contribution >= 4 is 23.0 Å². The van der Waals surface area contributed by atoms with Crippen molar-refractivity contribution in [2.24, 2.45) is 0 Å². The predicted molar refractivity (Wildman–Crippen MR) is 103 cm³/mol. The van der Waals surface area contributed by atoms with E-state index in [9.17, 15) is 18.4 Å². The Bertz CT molecular complexity index is 972. The molecular weight excluding hydrogens is 384 g/mol. The fraction of sp³-hybridized carbons (Fsp3) is 0.143. The van der Waals surface area contributed by atoms with E-state index < -0.39 is 17.8 Å². The van der Waals surface area contributed by atoms with Crippen molar-refractivity contribution in [2.75, 3.05) is 6.61 Å². The topological polar surface area (TPSA) is 55.4 Å². The van der Waals surface area contributed by atoms with Gasteiger partial charge in [0.15, 0.2) is 12.4 Å². The Balaban J connectivity index is 1.73. The summed E-state index contributed by atoms with van der Waals surface area (Å²) < 4.78 is 32.0. The first-order chi connectivity index (χ1) is 13.4. The highest BCUT2D eigenvalue weighted by atomic mass is 32.1. The number of carbonyl (C=O) groups excluding carboxylic acids is 2. The van der Waals surface area contributed by atoms with Gasteiger partial charge in [-0.25, -0.2) is 8.78 Å². The number of ether oxygens (including phenoxy) is 1. The maximum atomic E-state index is 13.3. The summed E-state index contributed by atoms with van der Waals surface area (Å²) in [6.07, 6.45) is 0. The highest BCUT2D eigenvalue weighted by Crippen LogP contribution is 2.26. The number of amides is 1. The molecule has 0 aliphatic heterocycles. The first kappa shape index (κ1) is 19.7. The van der Waals surface area contributed by atoms with Crippen LogP contribution in [0, 0.1) is 11.6 Å². The SMILES string of the molecule is CC(=O)c1cc(F)ccc1OCC(=O)NC(c1ccc(F)cc1)c1cccs1. The fourth-order valence-electron chi connectivity index (χ4n) is 2.68. The molecule has 1 N–H and O–H groups in total. The fourth-order valence-corrected chi connectivity index (χ4v) is 3.48. The van der Waals surface area contributed by atoms with Crippen LogP contribution >= 0.6 is 11.3 Å². The Morgan fingerprint density at radius 1 is 1.07 bits per heavy atom. The number of benzene rings is 2. The standard InChI is InChI=1S/C21H17F2NO3S/c1-13(25)17-11-16(23)8-9-18(17)27-12-20(26)24-21(19-3-2-10-28-19)14-4-6-15(22)7-5-14/h2-11,21H,12H2,1H3,(H,24,26). The molecule has 1 heterocycles. The molecule has 0 saturated heterocycles. The zero-order valence-corrected chi connectivity index (χ0v) is 15.8. The number of thiophene rings is 1. The molecule has 0 aliphatic rings. The number of halogens is 2. The van der Waals surface area contributed by atoms with Crippen LogP contribution in [0.2, 0.25) is 0 Å². The lowest BCUT2D eigenvalue weighted by Gasteiger charge is -2.18. The third kappa shape index (κ3) is 4.80. The highest BCUT2D eigenvalue weighted by Gasteiger charge is 2.19. The van der Waals surface area contributed by atoms with Crippen LogP contribution in [0.15, 0.2) is 60.0 Å². The lowest BCUT2D eigenvalue weighted by atomic mass is 10.1. The second-order valence-corrected chi connectivity index (χ2v) is 7.03. The van der Waals surface area contributed by atoms with Crippen molar-refractivity contribution in [2.45, 2.75) is 13.0 Å². The quantitative estimate of drug-likeness (QED) is 0.593. The molecule has 3 aromatic rings. The molecule has 0 aliphatic carbocycles. The average Bonchev–Trinajstić information content (AvgIpc) is 3.20. The summed E-state index contributed by atoms with van der Waals surface area (Å²) in [4.78, 5) is 25.0. The van der Waals surface area contributed by atoms with E-state index in [1.165, 1.54) is 36.5 Å². The van der Waals surface area contributed by atoms with Gasteiger partial charge in [-0.1, -0.05) is 18.2 Å². The van der Waals surface area contributed by atoms with E-state index in [1.54, 1.807) is 12.1 Å². The van der Waals surface area contributed by atoms with Crippen molar-refractivity contribution in [1.29, 1.82) is 0 Å². The number of hydrogen-bond acceptors (Lipinski definition) is 4. The molecule has 0 radical (unpaired) electrons. The summed E-state index contributed by atoms with van der Waals surface area (Å²) in [5.74, 6) is -1.58. The number of rotatable bonds is 7. The molecule has 1 unspecified atom stereocenters. The van der Waals surface area contributed by atoms with Gasteiger partial charge >= 0.3 is 0 Å². The summed E-state index contributed by atoms with van der Waals surface area (Å²) in [5, 5.41) is 4.73. The minimum Gasteiger partial charge on any atom is -0.483 e. The first-order valence-corrected chi connectivity index (χ1v) is 9.33. The van der Waals surface area contributed by atoms with Crippen molar-refractivity contribution in [1.82, 2.24) is 5.32 Å². The van der Waals surface area contributed by atoms with Crippen LogP contribution in [0.5, 0.6) is 5.75 Å². The van der Waals surface area contributed by atoms with Gasteiger partial charge < -0.3 is 10.1 Å². The molecule has 0 bridgehead atoms. The Morgan fingerprint density at radius 3 is 2.43 bits per heavy atom.